The number of nitrogens with zero attached hydrogens (tertiary/aromatic N) is 3. The van der Waals surface area contributed by atoms with Crippen LogP contribution < -0.4 is 0 Å². The molecule has 2 aromatic heterocycles. The summed E-state index contributed by atoms with van der Waals surface area (Å²) in [5.74, 6) is 0.618. The fraction of sp³-hybridized carbons (Fsp3) is 0.636. The van der Waals surface area contributed by atoms with Crippen molar-refractivity contribution in [2.45, 2.75) is 45.4 Å². The van der Waals surface area contributed by atoms with Crippen molar-refractivity contribution in [3.8, 4) is 0 Å². The first-order valence-electron chi connectivity index (χ1n) is 5.66. The van der Waals surface area contributed by atoms with Gasteiger partial charge in [-0.2, -0.15) is 5.10 Å². The number of imidazole rings is 1. The third-order valence-electron chi connectivity index (χ3n) is 3.19. The van der Waals surface area contributed by atoms with E-state index in [9.17, 15) is 0 Å². The molecule has 0 saturated carbocycles. The molecule has 1 atom stereocenters. The first-order valence-corrected chi connectivity index (χ1v) is 6.48. The lowest BCUT2D eigenvalue weighted by Crippen LogP contribution is -2.08. The van der Waals surface area contributed by atoms with E-state index in [0.29, 0.717) is 5.92 Å². The monoisotopic (exact) mass is 221 g/mol. The van der Waals surface area contributed by atoms with Gasteiger partial charge in [0.05, 0.1) is 11.4 Å². The number of aromatic nitrogens is 3. The summed E-state index contributed by atoms with van der Waals surface area (Å²) >= 11 is 1.73. The molecule has 0 radical (unpaired) electrons. The topological polar surface area (TPSA) is 30.2 Å². The molecule has 1 aliphatic rings. The average Bonchev–Trinajstić information content (AvgIpc) is 2.76. The van der Waals surface area contributed by atoms with E-state index in [1.165, 1.54) is 29.2 Å². The van der Waals surface area contributed by atoms with Crippen LogP contribution in [0.5, 0.6) is 0 Å². The summed E-state index contributed by atoms with van der Waals surface area (Å²) in [7, 11) is 0. The largest absolute Gasteiger partial charge is 0.222 e. The van der Waals surface area contributed by atoms with Crippen LogP contribution in [0.25, 0.3) is 4.96 Å². The molecule has 0 aromatic carbocycles. The highest BCUT2D eigenvalue weighted by atomic mass is 32.1. The standard InChI is InChI=1S/C11H15N3S/c1-3-9-13-14-8-6-4-5-7(2)10(8)12-11(14)15-9/h7H,3-6H2,1-2H3. The maximum atomic E-state index is 4.72. The number of hydrogen-bond acceptors (Lipinski definition) is 3. The number of fused-ring (bicyclic) bond motifs is 3. The molecule has 2 aromatic rings. The lowest BCUT2D eigenvalue weighted by atomic mass is 9.92. The highest BCUT2D eigenvalue weighted by Gasteiger charge is 2.23. The summed E-state index contributed by atoms with van der Waals surface area (Å²) in [4.78, 5) is 5.81. The maximum absolute atomic E-state index is 4.72. The summed E-state index contributed by atoms with van der Waals surface area (Å²) in [5.41, 5.74) is 2.65. The van der Waals surface area contributed by atoms with Crippen molar-refractivity contribution < 1.29 is 0 Å². The smallest absolute Gasteiger partial charge is 0.212 e. The number of rotatable bonds is 1. The van der Waals surface area contributed by atoms with E-state index in [2.05, 4.69) is 23.5 Å². The molecule has 3 nitrogen and oxygen atoms in total. The second-order valence-corrected chi connectivity index (χ2v) is 5.32. The van der Waals surface area contributed by atoms with Crippen LogP contribution in [0.15, 0.2) is 0 Å². The van der Waals surface area contributed by atoms with E-state index < -0.39 is 0 Å². The van der Waals surface area contributed by atoms with Crippen LogP contribution in [0.2, 0.25) is 0 Å². The van der Waals surface area contributed by atoms with Crippen LogP contribution in [-0.4, -0.2) is 14.6 Å². The molecule has 0 N–H and O–H groups in total. The van der Waals surface area contributed by atoms with Crippen molar-refractivity contribution >= 4 is 16.3 Å². The van der Waals surface area contributed by atoms with Crippen molar-refractivity contribution in [1.82, 2.24) is 14.6 Å². The Hall–Kier alpha value is -0.900. The van der Waals surface area contributed by atoms with Crippen LogP contribution >= 0.6 is 11.3 Å². The first-order chi connectivity index (χ1) is 7.29. The van der Waals surface area contributed by atoms with Gasteiger partial charge in [-0.15, -0.1) is 0 Å². The van der Waals surface area contributed by atoms with Gasteiger partial charge >= 0.3 is 0 Å². The van der Waals surface area contributed by atoms with Crippen LogP contribution in [0.1, 0.15) is 49.0 Å². The normalized spacial score (nSPS) is 20.8. The predicted molar refractivity (Wildman–Crippen MR) is 61.6 cm³/mol. The van der Waals surface area contributed by atoms with Gasteiger partial charge in [-0.3, -0.25) is 0 Å². The Bertz CT molecular complexity index is 497. The Morgan fingerprint density at radius 2 is 2.40 bits per heavy atom. The van der Waals surface area contributed by atoms with Gasteiger partial charge in [0.2, 0.25) is 4.96 Å². The van der Waals surface area contributed by atoms with Gasteiger partial charge in [-0.25, -0.2) is 9.50 Å². The van der Waals surface area contributed by atoms with Crippen molar-refractivity contribution in [3.05, 3.63) is 16.4 Å². The zero-order valence-electron chi connectivity index (χ0n) is 9.16. The summed E-state index contributed by atoms with van der Waals surface area (Å²) in [6.45, 7) is 4.42. The second-order valence-electron chi connectivity index (χ2n) is 4.28. The van der Waals surface area contributed by atoms with Crippen molar-refractivity contribution in [3.63, 3.8) is 0 Å². The van der Waals surface area contributed by atoms with E-state index in [1.54, 1.807) is 11.3 Å². The fourth-order valence-electron chi connectivity index (χ4n) is 2.33. The third-order valence-corrected chi connectivity index (χ3v) is 4.24. The van der Waals surface area contributed by atoms with Crippen LogP contribution in [0, 0.1) is 0 Å². The molecule has 80 valence electrons. The molecule has 0 fully saturated rings. The van der Waals surface area contributed by atoms with E-state index in [1.807, 2.05) is 0 Å². The van der Waals surface area contributed by atoms with E-state index in [-0.39, 0.29) is 0 Å². The van der Waals surface area contributed by atoms with Crippen LogP contribution in [0.3, 0.4) is 0 Å². The minimum Gasteiger partial charge on any atom is -0.222 e. The first kappa shape index (κ1) is 9.33. The van der Waals surface area contributed by atoms with Crippen molar-refractivity contribution in [2.24, 2.45) is 0 Å². The molecule has 1 unspecified atom stereocenters. The van der Waals surface area contributed by atoms with Crippen LogP contribution in [-0.2, 0) is 12.8 Å². The highest BCUT2D eigenvalue weighted by Crippen LogP contribution is 2.32. The minimum absolute atomic E-state index is 0.618. The zero-order chi connectivity index (χ0) is 10.4. The number of aryl methyl sites for hydroxylation is 2. The van der Waals surface area contributed by atoms with Crippen molar-refractivity contribution in [1.29, 1.82) is 0 Å². The third kappa shape index (κ3) is 1.31. The lowest BCUT2D eigenvalue weighted by Gasteiger charge is -2.16. The molecule has 15 heavy (non-hydrogen) atoms. The molecule has 0 saturated heterocycles. The average molecular weight is 221 g/mol. The summed E-state index contributed by atoms with van der Waals surface area (Å²) < 4.78 is 2.08. The Kier molecular flexibility index (Phi) is 2.06. The molecule has 0 bridgehead atoms. The molecule has 1 aliphatic carbocycles. The highest BCUT2D eigenvalue weighted by molar-refractivity contribution is 7.16. The molecule has 4 heteroatoms. The van der Waals surface area contributed by atoms with Gasteiger partial charge in [0.25, 0.3) is 0 Å². The van der Waals surface area contributed by atoms with Gasteiger partial charge < -0.3 is 0 Å². The second kappa shape index (κ2) is 3.30. The number of hydrogen-bond donors (Lipinski definition) is 0. The van der Waals surface area contributed by atoms with E-state index in [4.69, 9.17) is 4.98 Å². The Balaban J connectivity index is 2.21. The SMILES string of the molecule is CCc1nn2c3c(nc2s1)C(C)CCC3. The predicted octanol–water partition coefficient (Wildman–Crippen LogP) is 2.79. The molecule has 3 rings (SSSR count). The summed E-state index contributed by atoms with van der Waals surface area (Å²) in [6, 6.07) is 0. The Morgan fingerprint density at radius 3 is 3.20 bits per heavy atom. The Labute approximate surface area is 93.1 Å². The van der Waals surface area contributed by atoms with Gasteiger partial charge in [-0.1, -0.05) is 25.2 Å². The minimum atomic E-state index is 0.618. The molecule has 2 heterocycles. The fourth-order valence-corrected chi connectivity index (χ4v) is 3.19. The van der Waals surface area contributed by atoms with Crippen LogP contribution in [0.4, 0.5) is 0 Å². The van der Waals surface area contributed by atoms with E-state index in [0.717, 1.165) is 17.8 Å². The molecule has 0 spiro atoms. The molecular weight excluding hydrogens is 206 g/mol. The van der Waals surface area contributed by atoms with Gasteiger partial charge in [0.1, 0.15) is 5.01 Å². The molecule has 0 aliphatic heterocycles. The summed E-state index contributed by atoms with van der Waals surface area (Å²) in [6.07, 6.45) is 4.71. The van der Waals surface area contributed by atoms with E-state index >= 15 is 0 Å². The maximum Gasteiger partial charge on any atom is 0.212 e. The van der Waals surface area contributed by atoms with Gasteiger partial charge in [0, 0.05) is 5.92 Å². The van der Waals surface area contributed by atoms with Gasteiger partial charge in [-0.05, 0) is 25.7 Å². The molecule has 0 amide bonds. The quantitative estimate of drug-likeness (QED) is 0.741. The lowest BCUT2D eigenvalue weighted by molar-refractivity contribution is 0.565. The zero-order valence-corrected chi connectivity index (χ0v) is 9.97. The van der Waals surface area contributed by atoms with Crippen molar-refractivity contribution in [2.75, 3.05) is 0 Å². The van der Waals surface area contributed by atoms with Gasteiger partial charge in [0.15, 0.2) is 0 Å². The molecular formula is C11H15N3S. The summed E-state index contributed by atoms with van der Waals surface area (Å²) in [5, 5.41) is 5.80. The Morgan fingerprint density at radius 1 is 1.53 bits per heavy atom.